The van der Waals surface area contributed by atoms with Crippen molar-refractivity contribution in [1.82, 2.24) is 10.2 Å². The lowest BCUT2D eigenvalue weighted by Crippen LogP contribution is -2.51. The minimum Gasteiger partial charge on any atom is -0.481 e. The summed E-state index contributed by atoms with van der Waals surface area (Å²) in [5.74, 6) is -0.486. The van der Waals surface area contributed by atoms with E-state index < -0.39 is 5.97 Å². The molecule has 0 radical (unpaired) electrons. The molecule has 0 aromatic carbocycles. The molecule has 0 bridgehead atoms. The predicted octanol–water partition coefficient (Wildman–Crippen LogP) is 0.309. The third kappa shape index (κ3) is 4.61. The lowest BCUT2D eigenvalue weighted by atomic mass is 9.96. The third-order valence-electron chi connectivity index (χ3n) is 2.72. The first kappa shape index (κ1) is 13.0. The highest BCUT2D eigenvalue weighted by Gasteiger charge is 2.29. The topological polar surface area (TPSA) is 69.6 Å². The fourth-order valence-electron chi connectivity index (χ4n) is 1.85. The molecule has 1 heterocycles. The van der Waals surface area contributed by atoms with Gasteiger partial charge in [-0.25, -0.2) is 0 Å². The second-order valence-electron chi connectivity index (χ2n) is 4.36. The number of carboxylic acid groups (broad SMARTS) is 1. The van der Waals surface area contributed by atoms with E-state index in [0.717, 1.165) is 32.5 Å². The Bertz CT molecular complexity index is 250. The fourth-order valence-corrected chi connectivity index (χ4v) is 1.85. The van der Waals surface area contributed by atoms with E-state index >= 15 is 0 Å². The van der Waals surface area contributed by atoms with Gasteiger partial charge in [0.25, 0.3) is 0 Å². The van der Waals surface area contributed by atoms with Gasteiger partial charge in [-0.2, -0.15) is 0 Å². The zero-order valence-corrected chi connectivity index (χ0v) is 9.74. The van der Waals surface area contributed by atoms with Crippen LogP contribution in [0.1, 0.15) is 26.2 Å². The molecule has 0 aliphatic carbocycles. The maximum atomic E-state index is 11.4. The monoisotopic (exact) mass is 228 g/mol. The first-order valence-corrected chi connectivity index (χ1v) is 5.82. The van der Waals surface area contributed by atoms with Gasteiger partial charge in [0.2, 0.25) is 5.91 Å². The van der Waals surface area contributed by atoms with E-state index in [1.165, 1.54) is 0 Å². The SMILES string of the molecule is CCCCNC(=O)CN1CC(CC(=O)O)C1. The Morgan fingerprint density at radius 3 is 2.69 bits per heavy atom. The number of carboxylic acids is 1. The van der Waals surface area contributed by atoms with Gasteiger partial charge in [0, 0.05) is 19.6 Å². The first-order chi connectivity index (χ1) is 7.61. The summed E-state index contributed by atoms with van der Waals surface area (Å²) in [6.07, 6.45) is 2.30. The van der Waals surface area contributed by atoms with Crippen molar-refractivity contribution in [2.45, 2.75) is 26.2 Å². The van der Waals surface area contributed by atoms with Crippen LogP contribution in [0, 0.1) is 5.92 Å². The molecule has 1 amide bonds. The quantitative estimate of drug-likeness (QED) is 0.615. The number of nitrogens with one attached hydrogen (secondary N) is 1. The largest absolute Gasteiger partial charge is 0.481 e. The Hall–Kier alpha value is -1.10. The summed E-state index contributed by atoms with van der Waals surface area (Å²) >= 11 is 0. The van der Waals surface area contributed by atoms with Crippen LogP contribution in [0.25, 0.3) is 0 Å². The minimum atomic E-state index is -0.753. The van der Waals surface area contributed by atoms with Crippen LogP contribution in [0.2, 0.25) is 0 Å². The molecule has 0 atom stereocenters. The molecule has 2 N–H and O–H groups in total. The number of amides is 1. The molecule has 0 saturated carbocycles. The van der Waals surface area contributed by atoms with E-state index in [1.807, 2.05) is 4.90 Å². The normalized spacial score (nSPS) is 16.8. The van der Waals surface area contributed by atoms with Crippen molar-refractivity contribution in [1.29, 1.82) is 0 Å². The number of carbonyl (C=O) groups is 2. The Morgan fingerprint density at radius 2 is 2.12 bits per heavy atom. The van der Waals surface area contributed by atoms with Crippen LogP contribution in [0.4, 0.5) is 0 Å². The van der Waals surface area contributed by atoms with Crippen LogP contribution in [0.5, 0.6) is 0 Å². The highest BCUT2D eigenvalue weighted by atomic mass is 16.4. The zero-order valence-electron chi connectivity index (χ0n) is 9.74. The summed E-state index contributed by atoms with van der Waals surface area (Å²) in [4.78, 5) is 23.8. The molecule has 0 unspecified atom stereocenters. The van der Waals surface area contributed by atoms with Crippen molar-refractivity contribution in [3.63, 3.8) is 0 Å². The second-order valence-corrected chi connectivity index (χ2v) is 4.36. The Labute approximate surface area is 95.8 Å². The average molecular weight is 228 g/mol. The highest BCUT2D eigenvalue weighted by Crippen LogP contribution is 2.17. The van der Waals surface area contributed by atoms with Gasteiger partial charge in [-0.05, 0) is 12.3 Å². The molecule has 5 heteroatoms. The second kappa shape index (κ2) is 6.48. The van der Waals surface area contributed by atoms with Crippen molar-refractivity contribution in [3.05, 3.63) is 0 Å². The van der Waals surface area contributed by atoms with Gasteiger partial charge in [0.1, 0.15) is 0 Å². The summed E-state index contributed by atoms with van der Waals surface area (Å²) in [6, 6.07) is 0. The lowest BCUT2D eigenvalue weighted by molar-refractivity contribution is -0.139. The van der Waals surface area contributed by atoms with Gasteiger partial charge in [0.05, 0.1) is 13.0 Å². The summed E-state index contributed by atoms with van der Waals surface area (Å²) in [6.45, 7) is 4.68. The summed E-state index contributed by atoms with van der Waals surface area (Å²) < 4.78 is 0. The number of carbonyl (C=O) groups excluding carboxylic acids is 1. The third-order valence-corrected chi connectivity index (χ3v) is 2.72. The molecular formula is C11H20N2O3. The van der Waals surface area contributed by atoms with E-state index in [0.29, 0.717) is 6.54 Å². The van der Waals surface area contributed by atoms with Crippen LogP contribution < -0.4 is 5.32 Å². The molecule has 0 aromatic heterocycles. The van der Waals surface area contributed by atoms with Gasteiger partial charge in [0.15, 0.2) is 0 Å². The smallest absolute Gasteiger partial charge is 0.303 e. The van der Waals surface area contributed by atoms with Crippen molar-refractivity contribution in [2.75, 3.05) is 26.2 Å². The van der Waals surface area contributed by atoms with Crippen LogP contribution in [-0.2, 0) is 9.59 Å². The number of likely N-dealkylation sites (tertiary alicyclic amines) is 1. The van der Waals surface area contributed by atoms with E-state index in [2.05, 4.69) is 12.2 Å². The van der Waals surface area contributed by atoms with Crippen molar-refractivity contribution in [2.24, 2.45) is 5.92 Å². The number of nitrogens with zero attached hydrogens (tertiary/aromatic N) is 1. The summed E-state index contributed by atoms with van der Waals surface area (Å²) in [5, 5.41) is 11.4. The van der Waals surface area contributed by atoms with Crippen molar-refractivity contribution >= 4 is 11.9 Å². The molecule has 1 aliphatic heterocycles. The lowest BCUT2D eigenvalue weighted by Gasteiger charge is -2.37. The number of hydrogen-bond acceptors (Lipinski definition) is 3. The number of rotatable bonds is 7. The molecule has 1 saturated heterocycles. The van der Waals surface area contributed by atoms with Crippen LogP contribution in [-0.4, -0.2) is 48.1 Å². The van der Waals surface area contributed by atoms with Crippen LogP contribution >= 0.6 is 0 Å². The molecule has 16 heavy (non-hydrogen) atoms. The molecule has 0 spiro atoms. The standard InChI is InChI=1S/C11H20N2O3/c1-2-3-4-12-10(14)8-13-6-9(7-13)5-11(15)16/h9H,2-8H2,1H3,(H,12,14)(H,15,16). The van der Waals surface area contributed by atoms with E-state index in [1.54, 1.807) is 0 Å². The molecule has 5 nitrogen and oxygen atoms in total. The summed E-state index contributed by atoms with van der Waals surface area (Å²) in [7, 11) is 0. The van der Waals surface area contributed by atoms with Gasteiger partial charge < -0.3 is 10.4 Å². The van der Waals surface area contributed by atoms with Crippen molar-refractivity contribution < 1.29 is 14.7 Å². The number of unbranched alkanes of at least 4 members (excludes halogenated alkanes) is 1. The van der Waals surface area contributed by atoms with Gasteiger partial charge in [-0.3, -0.25) is 14.5 Å². The zero-order chi connectivity index (χ0) is 12.0. The predicted molar refractivity (Wildman–Crippen MR) is 60.1 cm³/mol. The fraction of sp³-hybridized carbons (Fsp3) is 0.818. The van der Waals surface area contributed by atoms with E-state index in [9.17, 15) is 9.59 Å². The van der Waals surface area contributed by atoms with Crippen molar-refractivity contribution in [3.8, 4) is 0 Å². The van der Waals surface area contributed by atoms with Gasteiger partial charge in [-0.15, -0.1) is 0 Å². The molecule has 92 valence electrons. The average Bonchev–Trinajstić information content (AvgIpc) is 2.14. The van der Waals surface area contributed by atoms with Gasteiger partial charge >= 0.3 is 5.97 Å². The molecule has 1 rings (SSSR count). The summed E-state index contributed by atoms with van der Waals surface area (Å²) in [5.41, 5.74) is 0. The van der Waals surface area contributed by atoms with Gasteiger partial charge in [-0.1, -0.05) is 13.3 Å². The number of hydrogen-bond donors (Lipinski definition) is 2. The molecular weight excluding hydrogens is 208 g/mol. The minimum absolute atomic E-state index is 0.0437. The van der Waals surface area contributed by atoms with E-state index in [4.69, 9.17) is 5.11 Å². The maximum Gasteiger partial charge on any atom is 0.303 e. The molecule has 0 aromatic rings. The Kier molecular flexibility index (Phi) is 5.25. The maximum absolute atomic E-state index is 11.4. The molecule has 1 aliphatic rings. The first-order valence-electron chi connectivity index (χ1n) is 5.82. The highest BCUT2D eigenvalue weighted by molar-refractivity contribution is 5.78. The van der Waals surface area contributed by atoms with Crippen LogP contribution in [0.3, 0.4) is 0 Å². The van der Waals surface area contributed by atoms with Crippen LogP contribution in [0.15, 0.2) is 0 Å². The van der Waals surface area contributed by atoms with E-state index in [-0.39, 0.29) is 18.2 Å². The molecule has 1 fully saturated rings. The number of aliphatic carboxylic acids is 1. The Morgan fingerprint density at radius 1 is 1.44 bits per heavy atom. The Balaban J connectivity index is 2.03.